The average Bonchev–Trinajstić information content (AvgIpc) is 2.97. The third-order valence-electron chi connectivity index (χ3n) is 4.82. The fraction of sp³-hybridized carbons (Fsp3) is 0.238. The molecule has 1 aliphatic heterocycles. The summed E-state index contributed by atoms with van der Waals surface area (Å²) in [6.45, 7) is 2.22. The van der Waals surface area contributed by atoms with Gasteiger partial charge < -0.3 is 14.7 Å². The summed E-state index contributed by atoms with van der Waals surface area (Å²) in [6.07, 6.45) is 0. The Morgan fingerprint density at radius 1 is 1.14 bits per heavy atom. The van der Waals surface area contributed by atoms with Gasteiger partial charge in [0, 0.05) is 31.4 Å². The number of ketones is 1. The van der Waals surface area contributed by atoms with Crippen LogP contribution in [0.4, 0.5) is 5.69 Å². The maximum Gasteiger partial charge on any atom is 0.295 e. The standard InChI is InChI=1S/C21H20N2O6/c1-13-3-5-15(6-4-13)19(24)17-18(14-7-9-16(10-8-14)23(27)28)22(11-12-29-2)21(26)20(17)25/h3-10,18,24H,11-12H2,1-2H3/b19-17+/t18-/m1/s1. The quantitative estimate of drug-likeness (QED) is 0.264. The van der Waals surface area contributed by atoms with E-state index in [1.54, 1.807) is 24.3 Å². The van der Waals surface area contributed by atoms with E-state index in [-0.39, 0.29) is 30.2 Å². The smallest absolute Gasteiger partial charge is 0.295 e. The zero-order valence-corrected chi connectivity index (χ0v) is 16.0. The highest BCUT2D eigenvalue weighted by Gasteiger charge is 2.45. The number of aryl methyl sites for hydroxylation is 1. The molecule has 1 aliphatic rings. The third-order valence-corrected chi connectivity index (χ3v) is 4.82. The normalized spacial score (nSPS) is 18.3. The molecule has 8 heteroatoms. The number of nitrogens with zero attached hydrogens (tertiary/aromatic N) is 2. The predicted octanol–water partition coefficient (Wildman–Crippen LogP) is 2.97. The van der Waals surface area contributed by atoms with Crippen molar-refractivity contribution in [2.24, 2.45) is 0 Å². The van der Waals surface area contributed by atoms with Crippen LogP contribution in [0.25, 0.3) is 5.76 Å². The first-order valence-electron chi connectivity index (χ1n) is 8.94. The number of nitro benzene ring substituents is 1. The van der Waals surface area contributed by atoms with Crippen molar-refractivity contribution in [1.29, 1.82) is 0 Å². The summed E-state index contributed by atoms with van der Waals surface area (Å²) in [5.74, 6) is -1.84. The zero-order chi connectivity index (χ0) is 21.1. The lowest BCUT2D eigenvalue weighted by molar-refractivity contribution is -0.384. The number of aliphatic hydroxyl groups excluding tert-OH is 1. The van der Waals surface area contributed by atoms with Gasteiger partial charge in [0.05, 0.1) is 23.1 Å². The van der Waals surface area contributed by atoms with Gasteiger partial charge in [0.1, 0.15) is 5.76 Å². The molecule has 0 radical (unpaired) electrons. The molecular weight excluding hydrogens is 376 g/mol. The van der Waals surface area contributed by atoms with Crippen LogP contribution in [0.5, 0.6) is 0 Å². The number of nitro groups is 1. The van der Waals surface area contributed by atoms with Crippen LogP contribution < -0.4 is 0 Å². The first-order valence-corrected chi connectivity index (χ1v) is 8.94. The monoisotopic (exact) mass is 396 g/mol. The summed E-state index contributed by atoms with van der Waals surface area (Å²) >= 11 is 0. The molecule has 150 valence electrons. The lowest BCUT2D eigenvalue weighted by atomic mass is 9.95. The van der Waals surface area contributed by atoms with Gasteiger partial charge in [0.25, 0.3) is 17.4 Å². The largest absolute Gasteiger partial charge is 0.507 e. The predicted molar refractivity (Wildman–Crippen MR) is 105 cm³/mol. The van der Waals surface area contributed by atoms with Crippen LogP contribution in [0, 0.1) is 17.0 Å². The molecule has 8 nitrogen and oxygen atoms in total. The number of non-ortho nitro benzene ring substituents is 1. The molecule has 2 aromatic carbocycles. The van der Waals surface area contributed by atoms with Crippen molar-refractivity contribution in [1.82, 2.24) is 4.90 Å². The fourth-order valence-electron chi connectivity index (χ4n) is 3.29. The molecule has 1 amide bonds. The average molecular weight is 396 g/mol. The Kier molecular flexibility index (Phi) is 5.74. The molecule has 0 aromatic heterocycles. The van der Waals surface area contributed by atoms with Crippen LogP contribution in [0.15, 0.2) is 54.1 Å². The second kappa shape index (κ2) is 8.24. The third kappa shape index (κ3) is 3.88. The molecule has 1 saturated heterocycles. The summed E-state index contributed by atoms with van der Waals surface area (Å²) in [5, 5.41) is 21.8. The van der Waals surface area contributed by atoms with Crippen LogP contribution in [0.3, 0.4) is 0 Å². The van der Waals surface area contributed by atoms with Gasteiger partial charge in [-0.3, -0.25) is 19.7 Å². The van der Waals surface area contributed by atoms with Gasteiger partial charge in [-0.25, -0.2) is 0 Å². The van der Waals surface area contributed by atoms with E-state index in [1.165, 1.54) is 36.3 Å². The number of ether oxygens (including phenoxy) is 1. The van der Waals surface area contributed by atoms with E-state index in [2.05, 4.69) is 0 Å². The first-order chi connectivity index (χ1) is 13.8. The van der Waals surface area contributed by atoms with Crippen LogP contribution in [0.1, 0.15) is 22.7 Å². The van der Waals surface area contributed by atoms with Crippen molar-refractivity contribution >= 4 is 23.1 Å². The molecule has 1 atom stereocenters. The number of hydrogen-bond acceptors (Lipinski definition) is 6. The Balaban J connectivity index is 2.14. The lowest BCUT2D eigenvalue weighted by Gasteiger charge is -2.25. The molecule has 2 aromatic rings. The van der Waals surface area contributed by atoms with E-state index in [1.807, 2.05) is 6.92 Å². The molecule has 1 fully saturated rings. The van der Waals surface area contributed by atoms with Gasteiger partial charge in [0.2, 0.25) is 0 Å². The van der Waals surface area contributed by atoms with Gasteiger partial charge in [-0.15, -0.1) is 0 Å². The Bertz CT molecular complexity index is 979. The summed E-state index contributed by atoms with van der Waals surface area (Å²) < 4.78 is 5.04. The molecule has 0 saturated carbocycles. The minimum Gasteiger partial charge on any atom is -0.507 e. The fourth-order valence-corrected chi connectivity index (χ4v) is 3.29. The summed E-state index contributed by atoms with van der Waals surface area (Å²) in [6, 6.07) is 11.6. The Labute approximate surface area is 167 Å². The Morgan fingerprint density at radius 3 is 2.31 bits per heavy atom. The van der Waals surface area contributed by atoms with Crippen molar-refractivity contribution in [3.8, 4) is 0 Å². The number of hydrogen-bond donors (Lipinski definition) is 1. The van der Waals surface area contributed by atoms with Crippen LogP contribution >= 0.6 is 0 Å². The second-order valence-electron chi connectivity index (χ2n) is 6.70. The molecule has 0 aliphatic carbocycles. The lowest BCUT2D eigenvalue weighted by Crippen LogP contribution is -2.32. The Hall–Kier alpha value is -3.52. The molecule has 3 rings (SSSR count). The van der Waals surface area contributed by atoms with Crippen LogP contribution in [0.2, 0.25) is 0 Å². The molecule has 1 N–H and O–H groups in total. The number of methoxy groups -OCH3 is 1. The minimum absolute atomic E-state index is 0.0520. The molecule has 29 heavy (non-hydrogen) atoms. The van der Waals surface area contributed by atoms with Gasteiger partial charge in [-0.1, -0.05) is 29.8 Å². The number of carbonyl (C=O) groups is 2. The molecule has 0 bridgehead atoms. The Morgan fingerprint density at radius 2 is 1.76 bits per heavy atom. The van der Waals surface area contributed by atoms with E-state index >= 15 is 0 Å². The number of likely N-dealkylation sites (tertiary alicyclic amines) is 1. The number of rotatable bonds is 6. The zero-order valence-electron chi connectivity index (χ0n) is 16.0. The maximum atomic E-state index is 12.8. The maximum absolute atomic E-state index is 12.8. The summed E-state index contributed by atoms with van der Waals surface area (Å²) in [4.78, 5) is 37.1. The highest BCUT2D eigenvalue weighted by Crippen LogP contribution is 2.39. The minimum atomic E-state index is -0.868. The van der Waals surface area contributed by atoms with Gasteiger partial charge in [-0.2, -0.15) is 0 Å². The van der Waals surface area contributed by atoms with Crippen molar-refractivity contribution in [2.75, 3.05) is 20.3 Å². The van der Waals surface area contributed by atoms with Crippen LogP contribution in [-0.4, -0.2) is 46.9 Å². The topological polar surface area (TPSA) is 110 Å². The first kappa shape index (κ1) is 20.2. The van der Waals surface area contributed by atoms with Crippen LogP contribution in [-0.2, 0) is 14.3 Å². The number of benzene rings is 2. The van der Waals surface area contributed by atoms with E-state index in [9.17, 15) is 24.8 Å². The second-order valence-corrected chi connectivity index (χ2v) is 6.70. The number of carbonyl (C=O) groups excluding carboxylic acids is 2. The molecule has 0 spiro atoms. The number of amides is 1. The highest BCUT2D eigenvalue weighted by atomic mass is 16.6. The van der Waals surface area contributed by atoms with Gasteiger partial charge in [0.15, 0.2) is 0 Å². The summed E-state index contributed by atoms with van der Waals surface area (Å²) in [5.41, 5.74) is 1.71. The van der Waals surface area contributed by atoms with Crippen molar-refractivity contribution < 1.29 is 24.4 Å². The van der Waals surface area contributed by atoms with E-state index in [0.29, 0.717) is 11.1 Å². The SMILES string of the molecule is COCCN1C(=O)C(=O)/C(=C(/O)c2ccc(C)cc2)[C@H]1c1ccc([N+](=O)[O-])cc1. The van der Waals surface area contributed by atoms with E-state index in [0.717, 1.165) is 5.56 Å². The number of Topliss-reactive ketones (excluding diaryl/α,β-unsaturated/α-hetero) is 1. The van der Waals surface area contributed by atoms with Crippen molar-refractivity contribution in [3.63, 3.8) is 0 Å². The summed E-state index contributed by atoms with van der Waals surface area (Å²) in [7, 11) is 1.48. The number of aliphatic hydroxyl groups is 1. The molecule has 0 unspecified atom stereocenters. The van der Waals surface area contributed by atoms with Gasteiger partial charge in [-0.05, 0) is 24.6 Å². The molecular formula is C21H20N2O6. The van der Waals surface area contributed by atoms with Crippen molar-refractivity contribution in [3.05, 3.63) is 80.9 Å². The van der Waals surface area contributed by atoms with E-state index in [4.69, 9.17) is 4.74 Å². The highest BCUT2D eigenvalue weighted by molar-refractivity contribution is 6.46. The van der Waals surface area contributed by atoms with E-state index < -0.39 is 22.7 Å². The van der Waals surface area contributed by atoms with Gasteiger partial charge >= 0.3 is 0 Å². The molecule has 1 heterocycles. The van der Waals surface area contributed by atoms with Crippen molar-refractivity contribution in [2.45, 2.75) is 13.0 Å².